The number of carbonyl (C=O) groups excluding carboxylic acids is 1. The summed E-state index contributed by atoms with van der Waals surface area (Å²) in [5.74, 6) is 0.0905. The van der Waals surface area contributed by atoms with Crippen LogP contribution in [0.5, 0.6) is 0 Å². The van der Waals surface area contributed by atoms with Crippen LogP contribution in [0.15, 0.2) is 11.6 Å². The lowest BCUT2D eigenvalue weighted by Gasteiger charge is -2.71. The third-order valence-corrected chi connectivity index (χ3v) is 17.2. The second-order valence-corrected chi connectivity index (χ2v) is 20.7. The Labute approximate surface area is 325 Å². The summed E-state index contributed by atoms with van der Waals surface area (Å²) in [5, 5.41) is 82.7. The average Bonchev–Trinajstić information content (AvgIpc) is 3.13. The van der Waals surface area contributed by atoms with Crippen molar-refractivity contribution in [1.29, 1.82) is 0 Å². The average molecular weight is 781 g/mol. The SMILES string of the molecule is CC1(C)CC[C@]2(C(=O)O[C@H]3O[C@@H](CO)[C@H](O)[C@@H](O)[C@@H]3O)CC[C@]3(C)C(=CC[C@@H]4[C@@]5(C)CC[C@H](O[C@H]6O[C@@H](CO)[C@H](O)[C@@H](O)[C@@H]6O)C(C)(C)[C@@H]5CC[C@]43C)C2C1. The number of aliphatic hydroxyl groups excluding tert-OH is 8. The summed E-state index contributed by atoms with van der Waals surface area (Å²) in [6, 6.07) is 0. The fourth-order valence-corrected chi connectivity index (χ4v) is 13.6. The van der Waals surface area contributed by atoms with Crippen molar-refractivity contribution in [3.8, 4) is 0 Å². The van der Waals surface area contributed by atoms with E-state index >= 15 is 0 Å². The zero-order valence-electron chi connectivity index (χ0n) is 33.8. The third kappa shape index (κ3) is 6.23. The zero-order valence-corrected chi connectivity index (χ0v) is 33.8. The summed E-state index contributed by atoms with van der Waals surface area (Å²) in [5.41, 5.74) is -0.147. The molecule has 7 aliphatic rings. The molecule has 0 aromatic carbocycles. The van der Waals surface area contributed by atoms with E-state index in [1.165, 1.54) is 5.57 Å². The van der Waals surface area contributed by atoms with Crippen molar-refractivity contribution in [2.75, 3.05) is 13.2 Å². The topological polar surface area (TPSA) is 216 Å². The standard InChI is InChI=1S/C42H68O13/c1-37(2)14-16-42(36(51)55-35-33(50)31(48)29(46)24(20-44)53-35)17-15-40(6)21(22(42)18-37)8-9-26-39(5)12-11-27(38(3,4)25(39)10-13-41(26,40)7)54-34-32(49)30(47)28(45)23(19-43)52-34/h8,22-35,43-50H,9-20H2,1-7H3/t22?,23-,24-,25-,26+,27-,28-,29-,30+,31+,32-,33-,34+,35+,39-,40+,41+,42-/m0/s1. The van der Waals surface area contributed by atoms with Crippen LogP contribution in [0, 0.1) is 50.2 Å². The van der Waals surface area contributed by atoms with Crippen LogP contribution in [-0.2, 0) is 23.7 Å². The van der Waals surface area contributed by atoms with E-state index in [0.717, 1.165) is 51.4 Å². The molecule has 2 saturated heterocycles. The molecule has 13 heteroatoms. The fraction of sp³-hybridized carbons (Fsp3) is 0.929. The number of aliphatic hydroxyl groups is 8. The molecular formula is C42H68O13. The molecular weight excluding hydrogens is 712 g/mol. The molecule has 0 aromatic rings. The zero-order chi connectivity index (χ0) is 40.3. The first-order chi connectivity index (χ1) is 25.6. The minimum atomic E-state index is -1.66. The number of hydrogen-bond acceptors (Lipinski definition) is 13. The number of allylic oxidation sites excluding steroid dienone is 2. The Morgan fingerprint density at radius 3 is 1.91 bits per heavy atom. The molecule has 0 radical (unpaired) electrons. The van der Waals surface area contributed by atoms with Gasteiger partial charge in [0, 0.05) is 0 Å². The van der Waals surface area contributed by atoms with Crippen molar-refractivity contribution in [1.82, 2.24) is 0 Å². The van der Waals surface area contributed by atoms with Gasteiger partial charge in [-0.2, -0.15) is 0 Å². The highest BCUT2D eigenvalue weighted by atomic mass is 16.7. The largest absolute Gasteiger partial charge is 0.432 e. The second-order valence-electron chi connectivity index (χ2n) is 20.7. The van der Waals surface area contributed by atoms with Crippen LogP contribution in [0.1, 0.15) is 113 Å². The van der Waals surface area contributed by atoms with Gasteiger partial charge in [-0.15, -0.1) is 0 Å². The van der Waals surface area contributed by atoms with Gasteiger partial charge < -0.3 is 59.8 Å². The molecule has 4 saturated carbocycles. The Bertz CT molecular complexity index is 1480. The summed E-state index contributed by atoms with van der Waals surface area (Å²) >= 11 is 0. The van der Waals surface area contributed by atoms with E-state index in [-0.39, 0.29) is 45.0 Å². The highest BCUT2D eigenvalue weighted by molar-refractivity contribution is 5.79. The maximum Gasteiger partial charge on any atom is 0.315 e. The predicted octanol–water partition coefficient (Wildman–Crippen LogP) is 2.32. The van der Waals surface area contributed by atoms with Crippen LogP contribution in [-0.4, -0.2) is 128 Å². The molecule has 2 heterocycles. The van der Waals surface area contributed by atoms with Crippen molar-refractivity contribution in [3.05, 3.63) is 11.6 Å². The van der Waals surface area contributed by atoms with Crippen LogP contribution < -0.4 is 0 Å². The monoisotopic (exact) mass is 780 g/mol. The molecule has 18 atom stereocenters. The first-order valence-electron chi connectivity index (χ1n) is 20.8. The highest BCUT2D eigenvalue weighted by Crippen LogP contribution is 2.76. The van der Waals surface area contributed by atoms with E-state index in [4.69, 9.17) is 18.9 Å². The molecule has 5 aliphatic carbocycles. The summed E-state index contributed by atoms with van der Waals surface area (Å²) in [6.45, 7) is 15.2. The molecule has 2 aliphatic heterocycles. The lowest BCUT2D eigenvalue weighted by atomic mass is 9.33. The van der Waals surface area contributed by atoms with Crippen LogP contribution in [0.3, 0.4) is 0 Å². The van der Waals surface area contributed by atoms with E-state index in [2.05, 4.69) is 54.5 Å². The molecule has 55 heavy (non-hydrogen) atoms. The van der Waals surface area contributed by atoms with Gasteiger partial charge >= 0.3 is 5.97 Å². The minimum absolute atomic E-state index is 0.0125. The van der Waals surface area contributed by atoms with Gasteiger partial charge in [0.15, 0.2) is 6.29 Å². The summed E-state index contributed by atoms with van der Waals surface area (Å²) in [7, 11) is 0. The second kappa shape index (κ2) is 14.2. The van der Waals surface area contributed by atoms with Gasteiger partial charge in [-0.1, -0.05) is 60.1 Å². The molecule has 1 unspecified atom stereocenters. The van der Waals surface area contributed by atoms with E-state index in [9.17, 15) is 45.6 Å². The number of hydrogen-bond donors (Lipinski definition) is 8. The summed E-state index contributed by atoms with van der Waals surface area (Å²) in [6.07, 6.45) is -3.82. The molecule has 13 nitrogen and oxygen atoms in total. The molecule has 7 rings (SSSR count). The maximum atomic E-state index is 14.6. The van der Waals surface area contributed by atoms with E-state index in [0.29, 0.717) is 18.8 Å². The van der Waals surface area contributed by atoms with Crippen molar-refractivity contribution in [2.45, 2.75) is 180 Å². The highest BCUT2D eigenvalue weighted by Gasteiger charge is 2.70. The summed E-state index contributed by atoms with van der Waals surface area (Å²) in [4.78, 5) is 14.6. The lowest BCUT2D eigenvalue weighted by molar-refractivity contribution is -0.330. The Kier molecular flexibility index (Phi) is 10.8. The number of esters is 1. The molecule has 0 amide bonds. The molecule has 6 fully saturated rings. The van der Waals surface area contributed by atoms with E-state index < -0.39 is 86.0 Å². The number of carbonyl (C=O) groups is 1. The Morgan fingerprint density at radius 1 is 0.709 bits per heavy atom. The predicted molar refractivity (Wildman–Crippen MR) is 198 cm³/mol. The van der Waals surface area contributed by atoms with Gasteiger partial charge in [0.05, 0.1) is 24.7 Å². The van der Waals surface area contributed by atoms with Crippen LogP contribution >= 0.6 is 0 Å². The van der Waals surface area contributed by atoms with Crippen molar-refractivity contribution >= 4 is 5.97 Å². The quantitative estimate of drug-likeness (QED) is 0.111. The molecule has 8 N–H and O–H groups in total. The third-order valence-electron chi connectivity index (χ3n) is 17.2. The minimum Gasteiger partial charge on any atom is -0.432 e. The van der Waals surface area contributed by atoms with Gasteiger partial charge in [0.25, 0.3) is 0 Å². The lowest BCUT2D eigenvalue weighted by Crippen LogP contribution is -2.66. The van der Waals surface area contributed by atoms with Crippen molar-refractivity contribution in [3.63, 3.8) is 0 Å². The van der Waals surface area contributed by atoms with E-state index in [1.54, 1.807) is 0 Å². The number of fused-ring (bicyclic) bond motifs is 7. The normalized spacial score (nSPS) is 53.1. The number of ether oxygens (including phenoxy) is 4. The molecule has 0 aromatic heterocycles. The van der Waals surface area contributed by atoms with Crippen molar-refractivity contribution in [2.24, 2.45) is 50.2 Å². The smallest absolute Gasteiger partial charge is 0.315 e. The van der Waals surface area contributed by atoms with Crippen LogP contribution in [0.25, 0.3) is 0 Å². The molecule has 0 spiro atoms. The Balaban J connectivity index is 1.16. The Morgan fingerprint density at radius 2 is 1.29 bits per heavy atom. The van der Waals surface area contributed by atoms with Crippen molar-refractivity contribution < 1.29 is 64.6 Å². The first-order valence-corrected chi connectivity index (χ1v) is 20.8. The Hall–Kier alpha value is -1.23. The summed E-state index contributed by atoms with van der Waals surface area (Å²) < 4.78 is 23.9. The first kappa shape index (κ1) is 41.9. The van der Waals surface area contributed by atoms with Gasteiger partial charge in [-0.3, -0.25) is 4.79 Å². The van der Waals surface area contributed by atoms with Gasteiger partial charge in [-0.05, 0) is 109 Å². The van der Waals surface area contributed by atoms with Crippen LogP contribution in [0.2, 0.25) is 0 Å². The molecule has 0 bridgehead atoms. The van der Waals surface area contributed by atoms with Gasteiger partial charge in [0.2, 0.25) is 6.29 Å². The fourth-order valence-electron chi connectivity index (χ4n) is 13.6. The molecule has 314 valence electrons. The van der Waals surface area contributed by atoms with Gasteiger partial charge in [0.1, 0.15) is 48.8 Å². The maximum absolute atomic E-state index is 14.6. The van der Waals surface area contributed by atoms with E-state index in [1.807, 2.05) is 0 Å². The van der Waals surface area contributed by atoms with Crippen LogP contribution in [0.4, 0.5) is 0 Å². The van der Waals surface area contributed by atoms with Gasteiger partial charge in [-0.25, -0.2) is 0 Å². The number of rotatable bonds is 6.